The van der Waals surface area contributed by atoms with Crippen LogP contribution in [0.2, 0.25) is 0 Å². The topological polar surface area (TPSA) is 60.8 Å². The highest BCUT2D eigenvalue weighted by atomic mass is 16.5. The standard InChI is InChI=1S/C28H30N2O4/c31-25-12-16-28-14-6-18-33-26(28)29(25)17-13-22-21-9-4-5-10-23(21)30(24(22)11-15-28)27(32)34-19-20-7-2-1-3-8-20/h1-5,7-10,26H,6,11-19H2/t26-,28+/m1/s1. The number of carbonyl (C=O) groups excluding carboxylic acids is 2. The normalized spacial score (nSPS) is 24.5. The van der Waals surface area contributed by atoms with E-state index in [-0.39, 0.29) is 30.3 Å². The third-order valence-electron chi connectivity index (χ3n) is 8.00. The lowest BCUT2D eigenvalue weighted by Gasteiger charge is -2.51. The second-order valence-corrected chi connectivity index (χ2v) is 9.84. The maximum absolute atomic E-state index is 13.5. The number of aromatic nitrogens is 1. The van der Waals surface area contributed by atoms with Gasteiger partial charge in [0.2, 0.25) is 5.91 Å². The van der Waals surface area contributed by atoms with Crippen molar-refractivity contribution in [2.24, 2.45) is 5.41 Å². The molecule has 2 saturated heterocycles. The van der Waals surface area contributed by atoms with Crippen LogP contribution < -0.4 is 0 Å². The number of hydrogen-bond donors (Lipinski definition) is 0. The summed E-state index contributed by atoms with van der Waals surface area (Å²) in [7, 11) is 0. The summed E-state index contributed by atoms with van der Waals surface area (Å²) < 4.78 is 13.8. The molecular formula is C28H30N2O4. The molecule has 3 aliphatic heterocycles. The van der Waals surface area contributed by atoms with E-state index in [2.05, 4.69) is 6.07 Å². The molecule has 1 amide bonds. The minimum Gasteiger partial charge on any atom is -0.444 e. The second-order valence-electron chi connectivity index (χ2n) is 9.84. The molecule has 0 spiro atoms. The van der Waals surface area contributed by atoms with Crippen molar-refractivity contribution in [2.75, 3.05) is 13.2 Å². The van der Waals surface area contributed by atoms with E-state index in [1.807, 2.05) is 53.4 Å². The minimum atomic E-state index is -0.339. The first-order valence-corrected chi connectivity index (χ1v) is 12.4. The molecule has 0 N–H and O–H groups in total. The van der Waals surface area contributed by atoms with Gasteiger partial charge in [0.25, 0.3) is 0 Å². The van der Waals surface area contributed by atoms with Gasteiger partial charge >= 0.3 is 6.09 Å². The van der Waals surface area contributed by atoms with Gasteiger partial charge in [-0.05, 0) is 55.7 Å². The zero-order chi connectivity index (χ0) is 23.1. The van der Waals surface area contributed by atoms with E-state index in [1.165, 1.54) is 0 Å². The van der Waals surface area contributed by atoms with Crippen LogP contribution >= 0.6 is 0 Å². The van der Waals surface area contributed by atoms with Gasteiger partial charge < -0.3 is 14.4 Å². The molecule has 2 atom stereocenters. The lowest BCUT2D eigenvalue weighted by Crippen LogP contribution is -2.58. The SMILES string of the molecule is O=C1CC[C@@]23CCCO[C@H]2N1CCc1c(n(C(=O)OCc2ccccc2)c2ccccc12)CC3. The minimum absolute atomic E-state index is 0.0387. The smallest absolute Gasteiger partial charge is 0.419 e. The Hall–Kier alpha value is -3.12. The van der Waals surface area contributed by atoms with Crippen LogP contribution in [0, 0.1) is 5.41 Å². The van der Waals surface area contributed by atoms with Crippen LogP contribution in [0.15, 0.2) is 54.6 Å². The Morgan fingerprint density at radius 3 is 2.68 bits per heavy atom. The Balaban J connectivity index is 1.40. The first-order chi connectivity index (χ1) is 16.7. The summed E-state index contributed by atoms with van der Waals surface area (Å²) in [5, 5.41) is 1.07. The first-order valence-electron chi connectivity index (χ1n) is 12.4. The monoisotopic (exact) mass is 458 g/mol. The third-order valence-corrected chi connectivity index (χ3v) is 8.00. The van der Waals surface area contributed by atoms with Crippen LogP contribution in [0.5, 0.6) is 0 Å². The highest BCUT2D eigenvalue weighted by molar-refractivity contribution is 5.94. The molecule has 2 fully saturated rings. The molecule has 0 unspecified atom stereocenters. The Labute approximate surface area is 199 Å². The summed E-state index contributed by atoms with van der Waals surface area (Å²) in [5.74, 6) is 0.192. The summed E-state index contributed by atoms with van der Waals surface area (Å²) in [5.41, 5.74) is 3.99. The van der Waals surface area contributed by atoms with Crippen LogP contribution in [0.3, 0.4) is 0 Å². The quantitative estimate of drug-likeness (QED) is 0.539. The molecule has 3 aliphatic rings. The van der Waals surface area contributed by atoms with Gasteiger partial charge in [0, 0.05) is 36.1 Å². The summed E-state index contributed by atoms with van der Waals surface area (Å²) in [4.78, 5) is 28.4. The molecule has 6 heteroatoms. The number of amides is 1. The van der Waals surface area contributed by atoms with Crippen LogP contribution in [-0.2, 0) is 33.7 Å². The van der Waals surface area contributed by atoms with Crippen LogP contribution in [0.25, 0.3) is 10.9 Å². The van der Waals surface area contributed by atoms with E-state index < -0.39 is 0 Å². The van der Waals surface area contributed by atoms with E-state index in [1.54, 1.807) is 4.57 Å². The Morgan fingerprint density at radius 2 is 1.79 bits per heavy atom. The van der Waals surface area contributed by atoms with Crippen LogP contribution in [0.1, 0.15) is 48.9 Å². The van der Waals surface area contributed by atoms with Crippen molar-refractivity contribution in [3.8, 4) is 0 Å². The first kappa shape index (κ1) is 21.4. The van der Waals surface area contributed by atoms with Crippen molar-refractivity contribution in [3.05, 3.63) is 71.4 Å². The van der Waals surface area contributed by atoms with E-state index in [4.69, 9.17) is 9.47 Å². The molecule has 6 nitrogen and oxygen atoms in total. The molecule has 4 heterocycles. The number of benzene rings is 2. The molecular weight excluding hydrogens is 428 g/mol. The van der Waals surface area contributed by atoms with Gasteiger partial charge in [0.1, 0.15) is 12.8 Å². The third kappa shape index (κ3) is 3.52. The number of para-hydroxylation sites is 1. The summed E-state index contributed by atoms with van der Waals surface area (Å²) in [6.45, 7) is 1.57. The molecule has 3 aromatic rings. The van der Waals surface area contributed by atoms with Crippen LogP contribution in [-0.4, -0.2) is 40.8 Å². The number of rotatable bonds is 2. The van der Waals surface area contributed by atoms with Gasteiger partial charge in [-0.25, -0.2) is 9.36 Å². The molecule has 1 aromatic heterocycles. The zero-order valence-electron chi connectivity index (χ0n) is 19.4. The number of carbonyl (C=O) groups is 2. The number of fused-ring (bicyclic) bond motifs is 3. The fourth-order valence-electron chi connectivity index (χ4n) is 6.33. The molecule has 2 aromatic carbocycles. The fourth-order valence-corrected chi connectivity index (χ4v) is 6.33. The fraction of sp³-hybridized carbons (Fsp3) is 0.429. The van der Waals surface area contributed by atoms with Gasteiger partial charge in [0.15, 0.2) is 0 Å². The van der Waals surface area contributed by atoms with Crippen molar-refractivity contribution in [2.45, 2.75) is 57.8 Å². The average molecular weight is 459 g/mol. The number of hydrogen-bond acceptors (Lipinski definition) is 4. The van der Waals surface area contributed by atoms with Gasteiger partial charge in [0.05, 0.1) is 5.52 Å². The number of ether oxygens (including phenoxy) is 2. The van der Waals surface area contributed by atoms with Crippen LogP contribution in [0.4, 0.5) is 4.79 Å². The number of piperidine rings is 1. The van der Waals surface area contributed by atoms with Crippen molar-refractivity contribution in [3.63, 3.8) is 0 Å². The average Bonchev–Trinajstić information content (AvgIpc) is 3.21. The van der Waals surface area contributed by atoms with E-state index in [0.29, 0.717) is 26.0 Å². The van der Waals surface area contributed by atoms with Crippen molar-refractivity contribution in [1.29, 1.82) is 0 Å². The van der Waals surface area contributed by atoms with Crippen molar-refractivity contribution in [1.82, 2.24) is 9.47 Å². The van der Waals surface area contributed by atoms with Gasteiger partial charge in [-0.15, -0.1) is 0 Å². The number of nitrogens with zero attached hydrogens (tertiary/aromatic N) is 2. The van der Waals surface area contributed by atoms with Crippen molar-refractivity contribution < 1.29 is 19.1 Å². The molecule has 0 aliphatic carbocycles. The van der Waals surface area contributed by atoms with Gasteiger partial charge in [-0.3, -0.25) is 4.79 Å². The maximum Gasteiger partial charge on any atom is 0.419 e. The highest BCUT2D eigenvalue weighted by Gasteiger charge is 2.50. The maximum atomic E-state index is 13.5. The molecule has 0 radical (unpaired) electrons. The Kier molecular flexibility index (Phi) is 5.41. The molecule has 0 saturated carbocycles. The zero-order valence-corrected chi connectivity index (χ0v) is 19.4. The molecule has 34 heavy (non-hydrogen) atoms. The van der Waals surface area contributed by atoms with E-state index in [0.717, 1.165) is 59.8 Å². The van der Waals surface area contributed by atoms with Crippen molar-refractivity contribution >= 4 is 22.9 Å². The summed E-state index contributed by atoms with van der Waals surface area (Å²) in [6.07, 6.45) is 5.43. The van der Waals surface area contributed by atoms with Gasteiger partial charge in [-0.2, -0.15) is 0 Å². The Morgan fingerprint density at radius 1 is 1.00 bits per heavy atom. The predicted molar refractivity (Wildman–Crippen MR) is 128 cm³/mol. The highest BCUT2D eigenvalue weighted by Crippen LogP contribution is 2.48. The second kappa shape index (κ2) is 8.58. The lowest BCUT2D eigenvalue weighted by atomic mass is 9.70. The molecule has 2 bridgehead atoms. The predicted octanol–water partition coefficient (Wildman–Crippen LogP) is 5.06. The van der Waals surface area contributed by atoms with E-state index in [9.17, 15) is 9.59 Å². The molecule has 6 rings (SSSR count). The Bertz CT molecular complexity index is 1230. The summed E-state index contributed by atoms with van der Waals surface area (Å²) in [6, 6.07) is 17.8. The van der Waals surface area contributed by atoms with E-state index >= 15 is 0 Å². The summed E-state index contributed by atoms with van der Waals surface area (Å²) >= 11 is 0. The van der Waals surface area contributed by atoms with Gasteiger partial charge in [-0.1, -0.05) is 48.5 Å². The lowest BCUT2D eigenvalue weighted by molar-refractivity contribution is -0.198. The molecule has 176 valence electrons. The largest absolute Gasteiger partial charge is 0.444 e.